The number of fused-ring (bicyclic) bond motifs is 1. The highest BCUT2D eigenvalue weighted by Crippen LogP contribution is 2.35. The first kappa shape index (κ1) is 19.9. The topological polar surface area (TPSA) is 91.5 Å². The summed E-state index contributed by atoms with van der Waals surface area (Å²) in [6.07, 6.45) is 8.44. The van der Waals surface area contributed by atoms with Gasteiger partial charge in [-0.3, -0.25) is 14.4 Å². The highest BCUT2D eigenvalue weighted by atomic mass is 16.5. The van der Waals surface area contributed by atoms with Crippen molar-refractivity contribution in [1.29, 1.82) is 0 Å². The van der Waals surface area contributed by atoms with Crippen molar-refractivity contribution in [3.05, 3.63) is 46.4 Å². The lowest BCUT2D eigenvalue weighted by Gasteiger charge is -2.36. The SMILES string of the molecule is CO[C@H]1C[C@@H](C(=O)N2C[C@H]3CC=CC[C@H]3C2)CC[C@@H]1NC(=O)c1cccc(=O)[nH]1. The van der Waals surface area contributed by atoms with E-state index in [9.17, 15) is 14.4 Å². The van der Waals surface area contributed by atoms with E-state index in [4.69, 9.17) is 4.74 Å². The van der Waals surface area contributed by atoms with E-state index in [0.29, 0.717) is 24.7 Å². The molecule has 2 fully saturated rings. The quantitative estimate of drug-likeness (QED) is 0.754. The predicted molar refractivity (Wildman–Crippen MR) is 108 cm³/mol. The zero-order valence-electron chi connectivity index (χ0n) is 16.8. The molecule has 1 aliphatic heterocycles. The maximum absolute atomic E-state index is 13.1. The molecule has 1 saturated heterocycles. The fourth-order valence-corrected chi connectivity index (χ4v) is 5.06. The van der Waals surface area contributed by atoms with E-state index in [1.54, 1.807) is 19.2 Å². The summed E-state index contributed by atoms with van der Waals surface area (Å²) in [5, 5.41) is 2.97. The Bertz CT molecular complexity index is 832. The lowest BCUT2D eigenvalue weighted by atomic mass is 9.82. The van der Waals surface area contributed by atoms with Crippen LogP contribution in [-0.2, 0) is 9.53 Å². The molecule has 3 aliphatic rings. The number of rotatable bonds is 4. The summed E-state index contributed by atoms with van der Waals surface area (Å²) < 4.78 is 5.63. The Labute approximate surface area is 170 Å². The number of amides is 2. The van der Waals surface area contributed by atoms with Gasteiger partial charge in [-0.1, -0.05) is 18.2 Å². The molecule has 2 amide bonds. The van der Waals surface area contributed by atoms with Crippen LogP contribution in [0.4, 0.5) is 0 Å². The Balaban J connectivity index is 1.35. The van der Waals surface area contributed by atoms with E-state index in [1.165, 1.54) is 6.07 Å². The van der Waals surface area contributed by atoms with E-state index >= 15 is 0 Å². The van der Waals surface area contributed by atoms with Crippen LogP contribution in [0.25, 0.3) is 0 Å². The summed E-state index contributed by atoms with van der Waals surface area (Å²) in [7, 11) is 1.62. The number of carbonyl (C=O) groups is 2. The zero-order valence-corrected chi connectivity index (χ0v) is 16.8. The Kier molecular flexibility index (Phi) is 5.85. The van der Waals surface area contributed by atoms with E-state index in [0.717, 1.165) is 32.4 Å². The molecule has 7 nitrogen and oxygen atoms in total. The molecule has 5 atom stereocenters. The molecular weight excluding hydrogens is 370 g/mol. The van der Waals surface area contributed by atoms with Gasteiger partial charge in [-0.25, -0.2) is 0 Å². The minimum absolute atomic E-state index is 0.0576. The predicted octanol–water partition coefficient (Wildman–Crippen LogP) is 1.71. The number of aromatic nitrogens is 1. The van der Waals surface area contributed by atoms with Gasteiger partial charge < -0.3 is 19.9 Å². The maximum Gasteiger partial charge on any atom is 0.268 e. The van der Waals surface area contributed by atoms with Crippen LogP contribution in [0.2, 0.25) is 0 Å². The van der Waals surface area contributed by atoms with Crippen LogP contribution in [0.15, 0.2) is 35.1 Å². The van der Waals surface area contributed by atoms with Crippen LogP contribution in [0.5, 0.6) is 0 Å². The Morgan fingerprint density at radius 1 is 1.14 bits per heavy atom. The van der Waals surface area contributed by atoms with Crippen molar-refractivity contribution in [3.63, 3.8) is 0 Å². The summed E-state index contributed by atoms with van der Waals surface area (Å²) in [6.45, 7) is 1.73. The van der Waals surface area contributed by atoms with Gasteiger partial charge in [0.05, 0.1) is 12.1 Å². The van der Waals surface area contributed by atoms with Crippen LogP contribution in [0, 0.1) is 17.8 Å². The normalized spacial score (nSPS) is 31.3. The van der Waals surface area contributed by atoms with Gasteiger partial charge in [-0.05, 0) is 50.0 Å². The number of nitrogens with one attached hydrogen (secondary N) is 2. The Morgan fingerprint density at radius 3 is 2.52 bits per heavy atom. The number of ether oxygens (including phenoxy) is 1. The average molecular weight is 399 g/mol. The van der Waals surface area contributed by atoms with Gasteiger partial charge in [0.25, 0.3) is 5.91 Å². The van der Waals surface area contributed by atoms with Crippen molar-refractivity contribution < 1.29 is 14.3 Å². The minimum atomic E-state index is -0.323. The van der Waals surface area contributed by atoms with Gasteiger partial charge in [0, 0.05) is 32.2 Å². The molecule has 0 bridgehead atoms. The molecule has 0 aromatic carbocycles. The lowest BCUT2D eigenvalue weighted by Crippen LogP contribution is -2.50. The van der Waals surface area contributed by atoms with Crippen molar-refractivity contribution in [2.45, 2.75) is 44.2 Å². The Morgan fingerprint density at radius 2 is 1.86 bits per heavy atom. The van der Waals surface area contributed by atoms with Gasteiger partial charge >= 0.3 is 0 Å². The van der Waals surface area contributed by atoms with E-state index in [1.807, 2.05) is 4.90 Å². The second-order valence-electron chi connectivity index (χ2n) is 8.50. The molecule has 1 aromatic rings. The van der Waals surface area contributed by atoms with Gasteiger partial charge in [-0.2, -0.15) is 0 Å². The summed E-state index contributed by atoms with van der Waals surface area (Å²) in [5.41, 5.74) is -0.0736. The van der Waals surface area contributed by atoms with Crippen molar-refractivity contribution in [3.8, 4) is 0 Å². The van der Waals surface area contributed by atoms with E-state index < -0.39 is 0 Å². The number of hydrogen-bond donors (Lipinski definition) is 2. The second-order valence-corrected chi connectivity index (χ2v) is 8.50. The first-order valence-corrected chi connectivity index (χ1v) is 10.5. The molecule has 2 heterocycles. The molecule has 4 rings (SSSR count). The number of nitrogens with zero attached hydrogens (tertiary/aromatic N) is 1. The molecule has 2 N–H and O–H groups in total. The fourth-order valence-electron chi connectivity index (χ4n) is 5.06. The van der Waals surface area contributed by atoms with Crippen LogP contribution < -0.4 is 10.9 Å². The highest BCUT2D eigenvalue weighted by Gasteiger charge is 2.41. The third-order valence-corrected chi connectivity index (χ3v) is 6.71. The zero-order chi connectivity index (χ0) is 20.4. The van der Waals surface area contributed by atoms with Gasteiger partial charge in [0.2, 0.25) is 11.5 Å². The molecule has 1 saturated carbocycles. The summed E-state index contributed by atoms with van der Waals surface area (Å²) in [6, 6.07) is 4.33. The van der Waals surface area contributed by atoms with Crippen molar-refractivity contribution in [2.75, 3.05) is 20.2 Å². The van der Waals surface area contributed by atoms with Crippen molar-refractivity contribution in [2.24, 2.45) is 17.8 Å². The smallest absolute Gasteiger partial charge is 0.268 e. The van der Waals surface area contributed by atoms with Gasteiger partial charge in [0.1, 0.15) is 5.69 Å². The first-order chi connectivity index (χ1) is 14.0. The Hall–Kier alpha value is -2.41. The fraction of sp³-hybridized carbons (Fsp3) is 0.591. The average Bonchev–Trinajstić information content (AvgIpc) is 3.17. The number of methoxy groups -OCH3 is 1. The van der Waals surface area contributed by atoms with Gasteiger partial charge in [-0.15, -0.1) is 0 Å². The third kappa shape index (κ3) is 4.29. The largest absolute Gasteiger partial charge is 0.379 e. The number of likely N-dealkylation sites (tertiary alicyclic amines) is 1. The summed E-state index contributed by atoms with van der Waals surface area (Å²) in [4.78, 5) is 41.6. The number of hydrogen-bond acceptors (Lipinski definition) is 4. The standard InChI is InChI=1S/C22H29N3O4/c1-29-19-11-14(22(28)25-12-15-5-2-3-6-16(15)13-25)9-10-17(19)24-21(27)18-7-4-8-20(26)23-18/h2-4,7-8,14-17,19H,5-6,9-13H2,1H3,(H,23,26)(H,24,27)/t14-,15-,16+,17-,19-/m0/s1. The number of carbonyl (C=O) groups excluding carboxylic acids is 2. The van der Waals surface area contributed by atoms with E-state index in [2.05, 4.69) is 22.5 Å². The summed E-state index contributed by atoms with van der Waals surface area (Å²) >= 11 is 0. The first-order valence-electron chi connectivity index (χ1n) is 10.5. The maximum atomic E-state index is 13.1. The molecule has 0 radical (unpaired) electrons. The van der Waals surface area contributed by atoms with Crippen LogP contribution in [0.3, 0.4) is 0 Å². The molecule has 2 aliphatic carbocycles. The molecule has 156 valence electrons. The van der Waals surface area contributed by atoms with Gasteiger partial charge in [0.15, 0.2) is 0 Å². The molecule has 29 heavy (non-hydrogen) atoms. The highest BCUT2D eigenvalue weighted by molar-refractivity contribution is 5.92. The molecule has 0 unspecified atom stereocenters. The summed E-state index contributed by atoms with van der Waals surface area (Å²) in [5.74, 6) is 1.06. The van der Waals surface area contributed by atoms with Crippen LogP contribution >= 0.6 is 0 Å². The minimum Gasteiger partial charge on any atom is -0.379 e. The monoisotopic (exact) mass is 399 g/mol. The molecule has 7 heteroatoms. The van der Waals surface area contributed by atoms with Crippen LogP contribution in [-0.4, -0.2) is 54.0 Å². The lowest BCUT2D eigenvalue weighted by molar-refractivity contribution is -0.137. The van der Waals surface area contributed by atoms with Crippen LogP contribution in [0.1, 0.15) is 42.6 Å². The number of aromatic amines is 1. The van der Waals surface area contributed by atoms with Crippen molar-refractivity contribution in [1.82, 2.24) is 15.2 Å². The molecular formula is C22H29N3O4. The van der Waals surface area contributed by atoms with Crippen molar-refractivity contribution >= 4 is 11.8 Å². The second kappa shape index (κ2) is 8.53. The number of H-pyrrole nitrogens is 1. The molecule has 1 aromatic heterocycles. The van der Waals surface area contributed by atoms with E-state index in [-0.39, 0.29) is 41.1 Å². The number of pyridine rings is 1. The number of allylic oxidation sites excluding steroid dienone is 2. The molecule has 0 spiro atoms. The third-order valence-electron chi connectivity index (χ3n) is 6.71.